The number of piperazine rings is 1. The number of anilines is 1. The Bertz CT molecular complexity index is 549. The number of hydrogen-bond acceptors (Lipinski definition) is 4. The van der Waals surface area contributed by atoms with Crippen molar-refractivity contribution in [3.63, 3.8) is 0 Å². The second-order valence-electron chi connectivity index (χ2n) is 6.50. The summed E-state index contributed by atoms with van der Waals surface area (Å²) in [5, 5.41) is 0. The topological polar surface area (TPSA) is 42.0 Å². The molecule has 1 aliphatic heterocycles. The van der Waals surface area contributed by atoms with Crippen LogP contribution in [0.2, 0.25) is 0 Å². The molecule has 0 bridgehead atoms. The lowest BCUT2D eigenvalue weighted by atomic mass is 10.2. The molecule has 0 unspecified atom stereocenters. The third-order valence-electron chi connectivity index (χ3n) is 3.49. The van der Waals surface area contributed by atoms with Crippen LogP contribution in [0, 0.1) is 0 Å². The normalized spacial score (nSPS) is 15.5. The molecule has 0 radical (unpaired) electrons. The molecule has 1 heterocycles. The largest absolute Gasteiger partial charge is 0.492 e. The number of carbonyl (C=O) groups excluding carboxylic acids is 1. The zero-order chi connectivity index (χ0) is 17.0. The van der Waals surface area contributed by atoms with Crippen LogP contribution in [0.3, 0.4) is 0 Å². The van der Waals surface area contributed by atoms with Gasteiger partial charge in [0, 0.05) is 30.7 Å². The molecule has 5 nitrogen and oxygen atoms in total. The van der Waals surface area contributed by atoms with Gasteiger partial charge in [-0.1, -0.05) is 15.9 Å². The molecule has 2 rings (SSSR count). The van der Waals surface area contributed by atoms with Crippen molar-refractivity contribution in [2.75, 3.05) is 37.7 Å². The van der Waals surface area contributed by atoms with E-state index in [0.29, 0.717) is 19.7 Å². The van der Waals surface area contributed by atoms with Gasteiger partial charge >= 0.3 is 6.09 Å². The second kappa shape index (κ2) is 7.43. The number of benzene rings is 1. The lowest BCUT2D eigenvalue weighted by Gasteiger charge is -2.37. The van der Waals surface area contributed by atoms with Crippen molar-refractivity contribution in [2.24, 2.45) is 0 Å². The lowest BCUT2D eigenvalue weighted by molar-refractivity contribution is 0.0240. The summed E-state index contributed by atoms with van der Waals surface area (Å²) in [6, 6.07) is 6.05. The average molecular weight is 385 g/mol. The fraction of sp³-hybridized carbons (Fsp3) is 0.588. The molecule has 6 heteroatoms. The highest BCUT2D eigenvalue weighted by Gasteiger charge is 2.26. The van der Waals surface area contributed by atoms with Crippen molar-refractivity contribution in [3.8, 4) is 5.75 Å². The van der Waals surface area contributed by atoms with Gasteiger partial charge < -0.3 is 19.3 Å². The summed E-state index contributed by atoms with van der Waals surface area (Å²) in [5.74, 6) is 0.868. The molecule has 0 N–H and O–H groups in total. The van der Waals surface area contributed by atoms with E-state index in [1.165, 1.54) is 0 Å². The van der Waals surface area contributed by atoms with Gasteiger partial charge in [0.1, 0.15) is 11.4 Å². The molecule has 1 saturated heterocycles. The Labute approximate surface area is 146 Å². The van der Waals surface area contributed by atoms with Gasteiger partial charge in [-0.05, 0) is 45.9 Å². The van der Waals surface area contributed by atoms with Crippen LogP contribution in [0.25, 0.3) is 0 Å². The maximum atomic E-state index is 12.1. The second-order valence-corrected chi connectivity index (χ2v) is 7.42. The van der Waals surface area contributed by atoms with E-state index < -0.39 is 5.60 Å². The lowest BCUT2D eigenvalue weighted by Crippen LogP contribution is -2.50. The van der Waals surface area contributed by atoms with Crippen LogP contribution in [-0.4, -0.2) is 49.4 Å². The molecule has 1 aliphatic rings. The molecule has 0 saturated carbocycles. The van der Waals surface area contributed by atoms with Crippen molar-refractivity contribution in [3.05, 3.63) is 22.7 Å². The van der Waals surface area contributed by atoms with Crippen LogP contribution in [-0.2, 0) is 4.74 Å². The Balaban J connectivity index is 2.01. The maximum Gasteiger partial charge on any atom is 0.410 e. The smallest absolute Gasteiger partial charge is 0.410 e. The first kappa shape index (κ1) is 17.9. The Kier molecular flexibility index (Phi) is 5.79. The summed E-state index contributed by atoms with van der Waals surface area (Å²) < 4.78 is 12.2. The third kappa shape index (κ3) is 5.03. The summed E-state index contributed by atoms with van der Waals surface area (Å²) in [6.07, 6.45) is -0.238. The Morgan fingerprint density at radius 2 is 1.87 bits per heavy atom. The number of rotatable bonds is 3. The van der Waals surface area contributed by atoms with E-state index in [1.54, 1.807) is 4.90 Å². The molecule has 0 atom stereocenters. The van der Waals surface area contributed by atoms with Gasteiger partial charge in [-0.25, -0.2) is 4.79 Å². The molecule has 1 fully saturated rings. The maximum absolute atomic E-state index is 12.1. The van der Waals surface area contributed by atoms with Crippen LogP contribution < -0.4 is 9.64 Å². The zero-order valence-corrected chi connectivity index (χ0v) is 15.9. The Morgan fingerprint density at radius 3 is 2.43 bits per heavy atom. The number of nitrogens with zero attached hydrogens (tertiary/aromatic N) is 2. The highest BCUT2D eigenvalue weighted by molar-refractivity contribution is 9.10. The number of halogens is 1. The van der Waals surface area contributed by atoms with Crippen LogP contribution in [0.5, 0.6) is 5.75 Å². The molecule has 128 valence electrons. The summed E-state index contributed by atoms with van der Waals surface area (Å²) in [5.41, 5.74) is 0.612. The summed E-state index contributed by atoms with van der Waals surface area (Å²) in [4.78, 5) is 16.1. The Morgan fingerprint density at radius 1 is 1.22 bits per heavy atom. The van der Waals surface area contributed by atoms with Crippen molar-refractivity contribution >= 4 is 27.7 Å². The Hall–Kier alpha value is -1.43. The first-order valence-electron chi connectivity index (χ1n) is 7.95. The van der Waals surface area contributed by atoms with E-state index in [-0.39, 0.29) is 6.09 Å². The van der Waals surface area contributed by atoms with Gasteiger partial charge in [0.15, 0.2) is 0 Å². The van der Waals surface area contributed by atoms with Gasteiger partial charge in [-0.15, -0.1) is 0 Å². The summed E-state index contributed by atoms with van der Waals surface area (Å²) in [7, 11) is 0. The number of ether oxygens (including phenoxy) is 2. The van der Waals surface area contributed by atoms with Gasteiger partial charge in [0.05, 0.1) is 12.3 Å². The quantitative estimate of drug-likeness (QED) is 0.792. The van der Waals surface area contributed by atoms with E-state index in [1.807, 2.05) is 39.8 Å². The number of amides is 1. The fourth-order valence-corrected chi connectivity index (χ4v) is 2.82. The highest BCUT2D eigenvalue weighted by atomic mass is 79.9. The molecule has 0 spiro atoms. The van der Waals surface area contributed by atoms with Crippen molar-refractivity contribution in [1.29, 1.82) is 0 Å². The first-order chi connectivity index (χ1) is 10.8. The standard InChI is InChI=1S/C17H25BrN2O3/c1-5-22-15-12-13(18)6-7-14(15)19-8-10-20(11-9-19)16(21)23-17(2,3)4/h6-7,12H,5,8-11H2,1-4H3. The van der Waals surface area contributed by atoms with Gasteiger partial charge in [0.2, 0.25) is 0 Å². The number of carbonyl (C=O) groups is 1. The molecule has 0 aliphatic carbocycles. The van der Waals surface area contributed by atoms with Gasteiger partial charge in [-0.2, -0.15) is 0 Å². The van der Waals surface area contributed by atoms with Crippen LogP contribution in [0.15, 0.2) is 22.7 Å². The molecule has 0 aromatic heterocycles. The van der Waals surface area contributed by atoms with E-state index >= 15 is 0 Å². The van der Waals surface area contributed by atoms with Gasteiger partial charge in [-0.3, -0.25) is 0 Å². The third-order valence-corrected chi connectivity index (χ3v) is 3.99. The molecule has 23 heavy (non-hydrogen) atoms. The minimum Gasteiger partial charge on any atom is -0.492 e. The van der Waals surface area contributed by atoms with Crippen LogP contribution in [0.4, 0.5) is 10.5 Å². The first-order valence-corrected chi connectivity index (χ1v) is 8.74. The predicted molar refractivity (Wildman–Crippen MR) is 95.3 cm³/mol. The predicted octanol–water partition coefficient (Wildman–Crippen LogP) is 3.90. The molecule has 1 aromatic rings. The van der Waals surface area contributed by atoms with E-state index in [2.05, 4.69) is 26.9 Å². The SMILES string of the molecule is CCOc1cc(Br)ccc1N1CCN(C(=O)OC(C)(C)C)CC1. The highest BCUT2D eigenvalue weighted by Crippen LogP contribution is 2.32. The van der Waals surface area contributed by atoms with Crippen LogP contribution >= 0.6 is 15.9 Å². The minimum atomic E-state index is -0.456. The van der Waals surface area contributed by atoms with Crippen molar-refractivity contribution < 1.29 is 14.3 Å². The average Bonchev–Trinajstić information content (AvgIpc) is 2.46. The number of hydrogen-bond donors (Lipinski definition) is 0. The minimum absolute atomic E-state index is 0.238. The fourth-order valence-electron chi connectivity index (χ4n) is 2.48. The zero-order valence-electron chi connectivity index (χ0n) is 14.3. The van der Waals surface area contributed by atoms with E-state index in [0.717, 1.165) is 29.0 Å². The van der Waals surface area contributed by atoms with Crippen molar-refractivity contribution in [2.45, 2.75) is 33.3 Å². The molecular formula is C17H25BrN2O3. The van der Waals surface area contributed by atoms with Crippen molar-refractivity contribution in [1.82, 2.24) is 4.90 Å². The summed E-state index contributed by atoms with van der Waals surface area (Å²) in [6.45, 7) is 11.1. The molecule has 1 amide bonds. The van der Waals surface area contributed by atoms with Crippen LogP contribution in [0.1, 0.15) is 27.7 Å². The van der Waals surface area contributed by atoms with E-state index in [4.69, 9.17) is 9.47 Å². The van der Waals surface area contributed by atoms with E-state index in [9.17, 15) is 4.79 Å². The molecular weight excluding hydrogens is 360 g/mol. The van der Waals surface area contributed by atoms with Gasteiger partial charge in [0.25, 0.3) is 0 Å². The summed E-state index contributed by atoms with van der Waals surface area (Å²) >= 11 is 3.48. The molecule has 1 aromatic carbocycles. The monoisotopic (exact) mass is 384 g/mol.